The molecule has 2 aromatic heterocycles. The van der Waals surface area contributed by atoms with E-state index in [-0.39, 0.29) is 65.1 Å². The Kier molecular flexibility index (Phi) is 8.66. The fourth-order valence-electron chi connectivity index (χ4n) is 4.58. The largest absolute Gasteiger partial charge is 0.450 e. The van der Waals surface area contributed by atoms with Crippen LogP contribution in [0.1, 0.15) is 28.4 Å². The Hall–Kier alpha value is -4.08. The smallest absolute Gasteiger partial charge is 0.418 e. The molecule has 0 spiro atoms. The molecule has 1 saturated heterocycles. The highest BCUT2D eigenvalue weighted by Gasteiger charge is 2.35. The monoisotopic (exact) mass is 633 g/mol. The van der Waals surface area contributed by atoms with Crippen molar-refractivity contribution in [1.29, 1.82) is 0 Å². The summed E-state index contributed by atoms with van der Waals surface area (Å²) in [6.45, 7) is 2.42. The molecule has 4 aromatic rings. The van der Waals surface area contributed by atoms with Crippen molar-refractivity contribution in [2.24, 2.45) is 0 Å². The summed E-state index contributed by atoms with van der Waals surface area (Å²) in [5, 5.41) is 0.0599. The van der Waals surface area contributed by atoms with E-state index in [2.05, 4.69) is 9.97 Å². The van der Waals surface area contributed by atoms with Crippen LogP contribution < -0.4 is 4.90 Å². The Balaban J connectivity index is 1.41. The van der Waals surface area contributed by atoms with Gasteiger partial charge in [0.1, 0.15) is 0 Å². The Morgan fingerprint density at radius 3 is 2.30 bits per heavy atom. The van der Waals surface area contributed by atoms with Gasteiger partial charge in [0, 0.05) is 44.1 Å². The fourth-order valence-corrected chi connectivity index (χ4v) is 6.99. The molecule has 0 N–H and O–H groups in total. The molecule has 0 saturated carbocycles. The van der Waals surface area contributed by atoms with Gasteiger partial charge in [-0.25, -0.2) is 18.2 Å². The molecule has 0 unspecified atom stereocenters. The zero-order valence-corrected chi connectivity index (χ0v) is 24.5. The summed E-state index contributed by atoms with van der Waals surface area (Å²) < 4.78 is 74.0. The first kappa shape index (κ1) is 30.4. The molecule has 0 bridgehead atoms. The molecule has 1 aliphatic heterocycles. The van der Waals surface area contributed by atoms with Gasteiger partial charge in [0.2, 0.25) is 10.0 Å². The maximum Gasteiger partial charge on any atom is 0.418 e. The number of fused-ring (bicyclic) bond motifs is 1. The van der Waals surface area contributed by atoms with Gasteiger partial charge in [-0.15, -0.1) is 0 Å². The number of carbonyl (C=O) groups excluding carboxylic acids is 2. The van der Waals surface area contributed by atoms with E-state index < -0.39 is 33.8 Å². The third kappa shape index (κ3) is 6.48. The number of para-hydroxylation sites is 1. The summed E-state index contributed by atoms with van der Waals surface area (Å²) in [7, 11) is -3.92. The highest BCUT2D eigenvalue weighted by atomic mass is 32.2. The van der Waals surface area contributed by atoms with E-state index in [9.17, 15) is 31.2 Å². The number of halogens is 3. The lowest BCUT2D eigenvalue weighted by atomic mass is 10.2. The Morgan fingerprint density at radius 2 is 1.67 bits per heavy atom. The molecule has 226 valence electrons. The number of aromatic nitrogens is 2. The minimum absolute atomic E-state index is 0.00663. The van der Waals surface area contributed by atoms with E-state index in [1.54, 1.807) is 19.1 Å². The van der Waals surface area contributed by atoms with Crippen molar-refractivity contribution in [3.05, 3.63) is 83.7 Å². The van der Waals surface area contributed by atoms with Crippen molar-refractivity contribution in [2.75, 3.05) is 37.7 Å². The van der Waals surface area contributed by atoms with E-state index in [0.29, 0.717) is 5.56 Å². The first-order valence-corrected chi connectivity index (χ1v) is 15.4. The Morgan fingerprint density at radius 1 is 1.00 bits per heavy atom. The SMILES string of the molecule is CCOC(=O)N1CCN(S(=O)(=O)c2ccc(C(=O)N(Cc3ccncc3)c3nc4c(C(F)(F)F)cccc4s3)cc2)CC1. The molecule has 1 aliphatic rings. The first-order valence-electron chi connectivity index (χ1n) is 13.2. The molecule has 5 rings (SSSR count). The molecule has 0 aliphatic carbocycles. The summed E-state index contributed by atoms with van der Waals surface area (Å²) in [6, 6.07) is 12.4. The molecule has 1 fully saturated rings. The molecule has 0 atom stereocenters. The normalized spacial score (nSPS) is 14.6. The van der Waals surface area contributed by atoms with Crippen LogP contribution in [0.3, 0.4) is 0 Å². The number of thiazole rings is 1. The predicted octanol–water partition coefficient (Wildman–Crippen LogP) is 5.02. The van der Waals surface area contributed by atoms with Crippen LogP contribution >= 0.6 is 11.3 Å². The van der Waals surface area contributed by atoms with Crippen molar-refractivity contribution >= 4 is 48.7 Å². The van der Waals surface area contributed by atoms with Crippen molar-refractivity contribution in [1.82, 2.24) is 19.2 Å². The lowest BCUT2D eigenvalue weighted by Gasteiger charge is -2.33. The highest BCUT2D eigenvalue weighted by Crippen LogP contribution is 2.39. The van der Waals surface area contributed by atoms with Gasteiger partial charge < -0.3 is 9.64 Å². The van der Waals surface area contributed by atoms with Gasteiger partial charge in [-0.05, 0) is 61.0 Å². The minimum atomic E-state index is -4.63. The van der Waals surface area contributed by atoms with Gasteiger partial charge in [-0.3, -0.25) is 14.7 Å². The summed E-state index contributed by atoms with van der Waals surface area (Å²) in [6.07, 6.45) is -2.06. The second kappa shape index (κ2) is 12.3. The van der Waals surface area contributed by atoms with Crippen LogP contribution in [0.25, 0.3) is 10.2 Å². The van der Waals surface area contributed by atoms with Crippen LogP contribution in [0, 0.1) is 0 Å². The van der Waals surface area contributed by atoms with Crippen LogP contribution in [0.5, 0.6) is 0 Å². The second-order valence-electron chi connectivity index (χ2n) is 9.51. The van der Waals surface area contributed by atoms with E-state index in [1.165, 1.54) is 62.9 Å². The number of carbonyl (C=O) groups is 2. The number of ether oxygens (including phenoxy) is 1. The average Bonchev–Trinajstić information content (AvgIpc) is 3.44. The van der Waals surface area contributed by atoms with E-state index >= 15 is 0 Å². The molecule has 43 heavy (non-hydrogen) atoms. The Labute approximate surface area is 249 Å². The van der Waals surface area contributed by atoms with Gasteiger partial charge in [0.25, 0.3) is 5.91 Å². The first-order chi connectivity index (χ1) is 20.5. The molecule has 10 nitrogen and oxygen atoms in total. The molecule has 2 aromatic carbocycles. The summed E-state index contributed by atoms with van der Waals surface area (Å²) in [5.74, 6) is -0.573. The van der Waals surface area contributed by atoms with Crippen molar-refractivity contribution in [2.45, 2.75) is 24.5 Å². The molecular formula is C28H26F3N5O5S2. The zero-order chi connectivity index (χ0) is 30.8. The predicted molar refractivity (Wildman–Crippen MR) is 153 cm³/mol. The second-order valence-corrected chi connectivity index (χ2v) is 12.5. The average molecular weight is 634 g/mol. The maximum absolute atomic E-state index is 13.8. The maximum atomic E-state index is 13.8. The van der Waals surface area contributed by atoms with E-state index in [1.807, 2.05) is 0 Å². The standard InChI is InChI=1S/C28H26F3N5O5S2/c1-2-41-27(38)34-14-16-35(17-15-34)43(39,40)21-8-6-20(7-9-21)25(37)36(18-19-10-12-32-13-11-19)26-33-24-22(28(29,30)31)4-3-5-23(24)42-26/h3-13H,2,14-18H2,1H3. The van der Waals surface area contributed by atoms with Crippen LogP contribution in [0.15, 0.2) is 71.9 Å². The third-order valence-corrected chi connectivity index (χ3v) is 9.74. The molecule has 3 heterocycles. The quantitative estimate of drug-likeness (QED) is 0.281. The van der Waals surface area contributed by atoms with Gasteiger partial charge in [0.15, 0.2) is 5.13 Å². The number of amides is 2. The van der Waals surface area contributed by atoms with Crippen LogP contribution in [-0.2, 0) is 27.5 Å². The van der Waals surface area contributed by atoms with Gasteiger partial charge in [-0.1, -0.05) is 17.4 Å². The number of alkyl halides is 3. The topological polar surface area (TPSA) is 113 Å². The van der Waals surface area contributed by atoms with Gasteiger partial charge in [-0.2, -0.15) is 17.5 Å². The zero-order valence-electron chi connectivity index (χ0n) is 22.8. The summed E-state index contributed by atoms with van der Waals surface area (Å²) in [5.41, 5.74) is -0.372. The van der Waals surface area contributed by atoms with Gasteiger partial charge >= 0.3 is 12.3 Å². The molecule has 2 amide bonds. The number of pyridine rings is 1. The van der Waals surface area contributed by atoms with Crippen LogP contribution in [0.2, 0.25) is 0 Å². The van der Waals surface area contributed by atoms with Crippen LogP contribution in [0.4, 0.5) is 23.1 Å². The van der Waals surface area contributed by atoms with Crippen molar-refractivity contribution in [3.8, 4) is 0 Å². The summed E-state index contributed by atoms with van der Waals surface area (Å²) in [4.78, 5) is 36.6. The van der Waals surface area contributed by atoms with E-state index in [4.69, 9.17) is 4.74 Å². The number of sulfonamides is 1. The lowest BCUT2D eigenvalue weighted by Crippen LogP contribution is -2.50. The van der Waals surface area contributed by atoms with E-state index in [0.717, 1.165) is 17.4 Å². The minimum Gasteiger partial charge on any atom is -0.450 e. The number of nitrogens with zero attached hydrogens (tertiary/aromatic N) is 5. The number of piperazine rings is 1. The molecule has 0 radical (unpaired) electrons. The molecular weight excluding hydrogens is 607 g/mol. The number of hydrogen-bond acceptors (Lipinski definition) is 8. The Bertz CT molecular complexity index is 1720. The van der Waals surface area contributed by atoms with Crippen molar-refractivity contribution in [3.63, 3.8) is 0 Å². The lowest BCUT2D eigenvalue weighted by molar-refractivity contribution is -0.136. The highest BCUT2D eigenvalue weighted by molar-refractivity contribution is 7.89. The molecule has 15 heteroatoms. The van der Waals surface area contributed by atoms with Crippen molar-refractivity contribution < 1.29 is 35.9 Å². The summed E-state index contributed by atoms with van der Waals surface area (Å²) >= 11 is 0.948. The number of hydrogen-bond donors (Lipinski definition) is 0. The van der Waals surface area contributed by atoms with Crippen LogP contribution in [-0.4, -0.2) is 72.4 Å². The number of rotatable bonds is 7. The fraction of sp³-hybridized carbons (Fsp3) is 0.286. The third-order valence-electron chi connectivity index (χ3n) is 6.78. The number of benzene rings is 2. The van der Waals surface area contributed by atoms with Gasteiger partial charge in [0.05, 0.1) is 33.8 Å². The number of anilines is 1.